The summed E-state index contributed by atoms with van der Waals surface area (Å²) in [7, 11) is 0. The number of para-hydroxylation sites is 2. The molecule has 0 bridgehead atoms. The average Bonchev–Trinajstić information content (AvgIpc) is 3.13. The van der Waals surface area contributed by atoms with Crippen molar-refractivity contribution in [2.24, 2.45) is 0 Å². The third-order valence-corrected chi connectivity index (χ3v) is 4.36. The molecule has 3 rings (SSSR count). The van der Waals surface area contributed by atoms with E-state index in [1.165, 1.54) is 13.8 Å². The smallest absolute Gasteiger partial charge is 0.347 e. The molecule has 1 heterocycles. The summed E-state index contributed by atoms with van der Waals surface area (Å²) in [4.78, 5) is 29.5. The summed E-state index contributed by atoms with van der Waals surface area (Å²) in [5.41, 5.74) is 0.847. The summed E-state index contributed by atoms with van der Waals surface area (Å²) in [6.07, 6.45) is 0. The molecule has 8 heteroatoms. The number of hydrogen-bond donors (Lipinski definition) is 1. The SMILES string of the molecule is CCOC(=O)CN(Cc1ccc(OC(C)(C)C(=O)O)cc1)c1nc2ccccc2o1. The third-order valence-electron chi connectivity index (χ3n) is 4.36. The van der Waals surface area contributed by atoms with Crippen molar-refractivity contribution in [2.75, 3.05) is 18.1 Å². The third kappa shape index (κ3) is 5.08. The molecule has 0 aliphatic heterocycles. The molecule has 1 aromatic heterocycles. The van der Waals surface area contributed by atoms with Gasteiger partial charge in [0.1, 0.15) is 17.8 Å². The van der Waals surface area contributed by atoms with Crippen LogP contribution in [-0.4, -0.2) is 40.8 Å². The molecule has 0 aliphatic carbocycles. The van der Waals surface area contributed by atoms with Crippen LogP contribution in [0.25, 0.3) is 11.1 Å². The number of carbonyl (C=O) groups is 2. The number of fused-ring (bicyclic) bond motifs is 1. The monoisotopic (exact) mass is 412 g/mol. The van der Waals surface area contributed by atoms with E-state index in [4.69, 9.17) is 13.9 Å². The van der Waals surface area contributed by atoms with Crippen molar-refractivity contribution in [2.45, 2.75) is 32.9 Å². The van der Waals surface area contributed by atoms with Gasteiger partial charge in [-0.05, 0) is 50.6 Å². The van der Waals surface area contributed by atoms with Gasteiger partial charge >= 0.3 is 11.9 Å². The number of hydrogen-bond acceptors (Lipinski definition) is 7. The number of esters is 1. The second-order valence-electron chi connectivity index (χ2n) is 7.19. The Labute approximate surface area is 174 Å². The van der Waals surface area contributed by atoms with Crippen molar-refractivity contribution in [3.8, 4) is 5.75 Å². The topological polar surface area (TPSA) is 102 Å². The van der Waals surface area contributed by atoms with Gasteiger partial charge in [0.05, 0.1) is 6.61 Å². The van der Waals surface area contributed by atoms with Gasteiger partial charge in [-0.3, -0.25) is 4.79 Å². The minimum Gasteiger partial charge on any atom is -0.478 e. The second-order valence-corrected chi connectivity index (χ2v) is 7.19. The van der Waals surface area contributed by atoms with E-state index in [0.29, 0.717) is 29.4 Å². The van der Waals surface area contributed by atoms with E-state index in [2.05, 4.69) is 4.98 Å². The molecule has 1 N–H and O–H groups in total. The number of oxazole rings is 1. The molecule has 0 radical (unpaired) electrons. The van der Waals surface area contributed by atoms with E-state index in [9.17, 15) is 14.7 Å². The molecular weight excluding hydrogens is 388 g/mol. The van der Waals surface area contributed by atoms with Crippen molar-refractivity contribution in [3.05, 3.63) is 54.1 Å². The predicted octanol–water partition coefficient (Wildman–Crippen LogP) is 3.64. The van der Waals surface area contributed by atoms with Crippen LogP contribution in [0.1, 0.15) is 26.3 Å². The van der Waals surface area contributed by atoms with Crippen molar-refractivity contribution >= 4 is 29.1 Å². The molecule has 0 atom stereocenters. The fourth-order valence-corrected chi connectivity index (χ4v) is 2.77. The fourth-order valence-electron chi connectivity index (χ4n) is 2.77. The number of benzene rings is 2. The molecule has 30 heavy (non-hydrogen) atoms. The molecule has 3 aromatic rings. The van der Waals surface area contributed by atoms with E-state index < -0.39 is 11.6 Å². The molecule has 0 amide bonds. The van der Waals surface area contributed by atoms with Crippen molar-refractivity contribution in [3.63, 3.8) is 0 Å². The highest BCUT2D eigenvalue weighted by molar-refractivity contribution is 5.78. The van der Waals surface area contributed by atoms with Gasteiger partial charge in [0.2, 0.25) is 0 Å². The number of carboxylic acid groups (broad SMARTS) is 1. The van der Waals surface area contributed by atoms with Gasteiger partial charge in [-0.1, -0.05) is 24.3 Å². The first-order chi connectivity index (χ1) is 14.3. The van der Waals surface area contributed by atoms with Crippen molar-refractivity contribution in [1.29, 1.82) is 0 Å². The van der Waals surface area contributed by atoms with E-state index in [0.717, 1.165) is 5.56 Å². The van der Waals surface area contributed by atoms with Crippen LogP contribution in [0.15, 0.2) is 52.9 Å². The van der Waals surface area contributed by atoms with Gasteiger partial charge in [0.15, 0.2) is 11.2 Å². The molecule has 0 spiro atoms. The Morgan fingerprint density at radius 2 is 1.83 bits per heavy atom. The zero-order valence-corrected chi connectivity index (χ0v) is 17.1. The summed E-state index contributed by atoms with van der Waals surface area (Å²) in [6, 6.07) is 14.7. The number of aliphatic carboxylic acids is 1. The van der Waals surface area contributed by atoms with Crippen LogP contribution in [0.4, 0.5) is 6.01 Å². The van der Waals surface area contributed by atoms with Gasteiger partial charge in [-0.15, -0.1) is 0 Å². The summed E-state index contributed by atoms with van der Waals surface area (Å²) < 4.78 is 16.4. The Kier molecular flexibility index (Phi) is 6.25. The van der Waals surface area contributed by atoms with Crippen molar-refractivity contribution in [1.82, 2.24) is 4.98 Å². The van der Waals surface area contributed by atoms with E-state index in [1.807, 2.05) is 24.3 Å². The molecular formula is C22H24N2O6. The molecule has 158 valence electrons. The van der Waals surface area contributed by atoms with Crippen molar-refractivity contribution < 1.29 is 28.6 Å². The lowest BCUT2D eigenvalue weighted by atomic mass is 10.1. The quantitative estimate of drug-likeness (QED) is 0.532. The molecule has 0 fully saturated rings. The highest BCUT2D eigenvalue weighted by atomic mass is 16.5. The largest absolute Gasteiger partial charge is 0.478 e. The number of ether oxygens (including phenoxy) is 2. The highest BCUT2D eigenvalue weighted by Gasteiger charge is 2.29. The zero-order valence-electron chi connectivity index (χ0n) is 17.1. The van der Waals surface area contributed by atoms with Crippen LogP contribution in [0.5, 0.6) is 5.75 Å². The number of nitrogens with zero attached hydrogens (tertiary/aromatic N) is 2. The van der Waals surface area contributed by atoms with E-state index in [1.54, 1.807) is 36.1 Å². The molecule has 0 saturated carbocycles. The first-order valence-electron chi connectivity index (χ1n) is 9.56. The molecule has 0 saturated heterocycles. The lowest BCUT2D eigenvalue weighted by Gasteiger charge is -2.22. The van der Waals surface area contributed by atoms with Crippen LogP contribution in [0.2, 0.25) is 0 Å². The molecule has 0 unspecified atom stereocenters. The number of rotatable bonds is 9. The minimum absolute atomic E-state index is 0.0229. The van der Waals surface area contributed by atoms with Gasteiger partial charge in [-0.25, -0.2) is 4.79 Å². The normalized spacial score (nSPS) is 11.3. The van der Waals surface area contributed by atoms with E-state index in [-0.39, 0.29) is 19.1 Å². The maximum atomic E-state index is 12.1. The summed E-state index contributed by atoms with van der Waals surface area (Å²) >= 11 is 0. The standard InChI is InChI=1S/C22H24N2O6/c1-4-28-19(25)14-24(21-23-17-7-5-6-8-18(17)29-21)13-15-9-11-16(12-10-15)30-22(2,3)20(26)27/h5-12H,4,13-14H2,1-3H3,(H,26,27). The maximum Gasteiger partial charge on any atom is 0.347 e. The lowest BCUT2D eigenvalue weighted by Crippen LogP contribution is -2.37. The lowest BCUT2D eigenvalue weighted by molar-refractivity contribution is -0.152. The summed E-state index contributed by atoms with van der Waals surface area (Å²) in [6.45, 7) is 5.32. The van der Waals surface area contributed by atoms with Gasteiger partial charge < -0.3 is 23.9 Å². The number of carboxylic acids is 1. The van der Waals surface area contributed by atoms with Crippen LogP contribution >= 0.6 is 0 Å². The molecule has 2 aromatic carbocycles. The Hall–Kier alpha value is -3.55. The molecule has 0 aliphatic rings. The summed E-state index contributed by atoms with van der Waals surface area (Å²) in [5.74, 6) is -1.00. The Balaban J connectivity index is 1.80. The van der Waals surface area contributed by atoms with Crippen LogP contribution < -0.4 is 9.64 Å². The average molecular weight is 412 g/mol. The minimum atomic E-state index is -1.34. The molecule has 8 nitrogen and oxygen atoms in total. The second kappa shape index (κ2) is 8.86. The van der Waals surface area contributed by atoms with E-state index >= 15 is 0 Å². The van der Waals surface area contributed by atoms with Gasteiger partial charge in [0, 0.05) is 6.54 Å². The van der Waals surface area contributed by atoms with Crippen LogP contribution in [0.3, 0.4) is 0 Å². The Morgan fingerprint density at radius 3 is 2.47 bits per heavy atom. The fraction of sp³-hybridized carbons (Fsp3) is 0.318. The van der Waals surface area contributed by atoms with Crippen LogP contribution in [-0.2, 0) is 20.9 Å². The first-order valence-corrected chi connectivity index (χ1v) is 9.56. The summed E-state index contributed by atoms with van der Waals surface area (Å²) in [5, 5.41) is 9.20. The number of aromatic nitrogens is 1. The first kappa shape index (κ1) is 21.2. The number of carbonyl (C=O) groups excluding carboxylic acids is 1. The highest BCUT2D eigenvalue weighted by Crippen LogP contribution is 2.24. The van der Waals surface area contributed by atoms with Crippen LogP contribution in [0, 0.1) is 0 Å². The van der Waals surface area contributed by atoms with Gasteiger partial charge in [0.25, 0.3) is 6.01 Å². The zero-order chi connectivity index (χ0) is 21.7. The Bertz CT molecular complexity index is 993. The number of anilines is 1. The maximum absolute atomic E-state index is 12.1. The predicted molar refractivity (Wildman–Crippen MR) is 110 cm³/mol. The Morgan fingerprint density at radius 1 is 1.13 bits per heavy atom. The van der Waals surface area contributed by atoms with Gasteiger partial charge in [-0.2, -0.15) is 4.98 Å².